The Morgan fingerprint density at radius 2 is 2.00 bits per heavy atom. The fourth-order valence-electron chi connectivity index (χ4n) is 3.55. The van der Waals surface area contributed by atoms with Gasteiger partial charge in [0.15, 0.2) is 0 Å². The SMILES string of the molecule is CCN1CCOCC2(CCCN(C(=O)c3cnccn3)C2)C1.O=C(O)C(F)(F)F. The first-order valence-electron chi connectivity index (χ1n) is 9.32. The standard InChI is InChI=1S/C16H24N4O2.C2HF3O2/c1-2-19-8-9-22-13-16(11-19)4-3-7-20(12-16)15(21)14-10-17-5-6-18-14;3-2(4,5)1(6)7/h5-6,10H,2-4,7-9,11-13H2,1H3;(H,6,7). The van der Waals surface area contributed by atoms with E-state index >= 15 is 0 Å². The van der Waals surface area contributed by atoms with Crippen LogP contribution in [0.5, 0.6) is 0 Å². The molecule has 2 fully saturated rings. The molecular formula is C18H25F3N4O4. The number of rotatable bonds is 2. The Morgan fingerprint density at radius 1 is 1.28 bits per heavy atom. The number of carboxylic acid groups (broad SMARTS) is 1. The Hall–Kier alpha value is -2.27. The fraction of sp³-hybridized carbons (Fsp3) is 0.667. The van der Waals surface area contributed by atoms with E-state index in [2.05, 4.69) is 21.8 Å². The number of aliphatic carboxylic acids is 1. The largest absolute Gasteiger partial charge is 0.490 e. The molecule has 0 aliphatic carbocycles. The molecule has 2 aliphatic rings. The van der Waals surface area contributed by atoms with Crippen LogP contribution in [0.3, 0.4) is 0 Å². The van der Waals surface area contributed by atoms with E-state index in [1.54, 1.807) is 18.6 Å². The summed E-state index contributed by atoms with van der Waals surface area (Å²) in [4.78, 5) is 34.0. The molecule has 2 saturated heterocycles. The Kier molecular flexibility index (Phi) is 7.91. The van der Waals surface area contributed by atoms with E-state index in [1.165, 1.54) is 0 Å². The van der Waals surface area contributed by atoms with Gasteiger partial charge in [-0.2, -0.15) is 13.2 Å². The molecule has 1 N–H and O–H groups in total. The molecule has 1 unspecified atom stereocenters. The molecule has 11 heteroatoms. The predicted octanol–water partition coefficient (Wildman–Crippen LogP) is 1.68. The van der Waals surface area contributed by atoms with Crippen molar-refractivity contribution in [1.82, 2.24) is 19.8 Å². The number of likely N-dealkylation sites (N-methyl/N-ethyl adjacent to an activating group) is 1. The van der Waals surface area contributed by atoms with Crippen LogP contribution in [0.2, 0.25) is 0 Å². The molecule has 1 spiro atoms. The number of halogens is 3. The molecule has 3 rings (SSSR count). The first-order chi connectivity index (χ1) is 13.7. The van der Waals surface area contributed by atoms with Crippen LogP contribution in [0.25, 0.3) is 0 Å². The normalized spacial score (nSPS) is 23.1. The van der Waals surface area contributed by atoms with Gasteiger partial charge in [0, 0.05) is 44.0 Å². The number of carbonyl (C=O) groups is 2. The summed E-state index contributed by atoms with van der Waals surface area (Å²) in [5, 5.41) is 7.12. The Morgan fingerprint density at radius 3 is 2.59 bits per heavy atom. The van der Waals surface area contributed by atoms with E-state index in [-0.39, 0.29) is 11.3 Å². The fourth-order valence-corrected chi connectivity index (χ4v) is 3.55. The first kappa shape index (κ1) is 23.0. The topological polar surface area (TPSA) is 95.9 Å². The smallest absolute Gasteiger partial charge is 0.475 e. The second-order valence-corrected chi connectivity index (χ2v) is 7.15. The molecule has 1 amide bonds. The zero-order valence-electron chi connectivity index (χ0n) is 16.2. The lowest BCUT2D eigenvalue weighted by atomic mass is 9.80. The second kappa shape index (κ2) is 9.97. The molecule has 29 heavy (non-hydrogen) atoms. The molecule has 8 nitrogen and oxygen atoms in total. The number of likely N-dealkylation sites (tertiary alicyclic amines) is 1. The summed E-state index contributed by atoms with van der Waals surface area (Å²) in [5.74, 6) is -2.77. The van der Waals surface area contributed by atoms with Crippen LogP contribution in [0, 0.1) is 5.41 Å². The second-order valence-electron chi connectivity index (χ2n) is 7.15. The van der Waals surface area contributed by atoms with E-state index in [0.717, 1.165) is 58.8 Å². The van der Waals surface area contributed by atoms with Gasteiger partial charge in [-0.25, -0.2) is 9.78 Å². The molecule has 0 aromatic carbocycles. The maximum absolute atomic E-state index is 12.6. The summed E-state index contributed by atoms with van der Waals surface area (Å²) >= 11 is 0. The van der Waals surface area contributed by atoms with Gasteiger partial charge in [0.2, 0.25) is 0 Å². The van der Waals surface area contributed by atoms with Gasteiger partial charge in [-0.15, -0.1) is 0 Å². The molecule has 3 heterocycles. The highest BCUT2D eigenvalue weighted by atomic mass is 19.4. The first-order valence-corrected chi connectivity index (χ1v) is 9.32. The van der Waals surface area contributed by atoms with Crippen molar-refractivity contribution in [1.29, 1.82) is 0 Å². The monoisotopic (exact) mass is 418 g/mol. The van der Waals surface area contributed by atoms with Crippen molar-refractivity contribution in [2.75, 3.05) is 45.9 Å². The van der Waals surface area contributed by atoms with Crippen LogP contribution in [-0.2, 0) is 9.53 Å². The highest BCUT2D eigenvalue weighted by Crippen LogP contribution is 2.33. The third-order valence-corrected chi connectivity index (χ3v) is 4.94. The van der Waals surface area contributed by atoms with Crippen LogP contribution in [0.15, 0.2) is 18.6 Å². The molecule has 162 valence electrons. The zero-order valence-corrected chi connectivity index (χ0v) is 16.2. The number of carboxylic acids is 1. The van der Waals surface area contributed by atoms with Crippen LogP contribution < -0.4 is 0 Å². The van der Waals surface area contributed by atoms with Gasteiger partial charge in [0.1, 0.15) is 5.69 Å². The Bertz CT molecular complexity index is 689. The van der Waals surface area contributed by atoms with Crippen molar-refractivity contribution >= 4 is 11.9 Å². The molecule has 0 saturated carbocycles. The minimum absolute atomic E-state index is 0.0144. The molecule has 1 aromatic rings. The lowest BCUT2D eigenvalue weighted by molar-refractivity contribution is -0.192. The molecule has 1 aromatic heterocycles. The van der Waals surface area contributed by atoms with Crippen molar-refractivity contribution in [3.63, 3.8) is 0 Å². The van der Waals surface area contributed by atoms with Crippen LogP contribution in [-0.4, -0.2) is 88.9 Å². The molecule has 0 radical (unpaired) electrons. The lowest BCUT2D eigenvalue weighted by Gasteiger charge is -2.43. The molecule has 2 aliphatic heterocycles. The van der Waals surface area contributed by atoms with Gasteiger partial charge in [-0.3, -0.25) is 9.78 Å². The summed E-state index contributed by atoms with van der Waals surface area (Å²) in [5.41, 5.74) is 0.490. The van der Waals surface area contributed by atoms with Crippen molar-refractivity contribution < 1.29 is 32.6 Å². The van der Waals surface area contributed by atoms with Crippen molar-refractivity contribution in [3.8, 4) is 0 Å². The van der Waals surface area contributed by atoms with Crippen molar-refractivity contribution in [2.45, 2.75) is 25.9 Å². The summed E-state index contributed by atoms with van der Waals surface area (Å²) in [7, 11) is 0. The van der Waals surface area contributed by atoms with Crippen molar-refractivity contribution in [3.05, 3.63) is 24.3 Å². The average molecular weight is 418 g/mol. The molecular weight excluding hydrogens is 393 g/mol. The number of aromatic nitrogens is 2. The van der Waals surface area contributed by atoms with E-state index in [1.807, 2.05) is 4.90 Å². The third kappa shape index (κ3) is 6.64. The number of hydrogen-bond donors (Lipinski definition) is 1. The predicted molar refractivity (Wildman–Crippen MR) is 96.2 cm³/mol. The number of carbonyl (C=O) groups excluding carboxylic acids is 1. The summed E-state index contributed by atoms with van der Waals surface area (Å²) in [6, 6.07) is 0. The zero-order chi connectivity index (χ0) is 21.5. The maximum Gasteiger partial charge on any atom is 0.490 e. The van der Waals surface area contributed by atoms with Gasteiger partial charge in [-0.1, -0.05) is 6.92 Å². The van der Waals surface area contributed by atoms with Crippen molar-refractivity contribution in [2.24, 2.45) is 5.41 Å². The third-order valence-electron chi connectivity index (χ3n) is 4.94. The van der Waals surface area contributed by atoms with Gasteiger partial charge in [0.25, 0.3) is 5.91 Å². The van der Waals surface area contributed by atoms with Gasteiger partial charge < -0.3 is 19.6 Å². The number of amides is 1. The minimum Gasteiger partial charge on any atom is -0.475 e. The highest BCUT2D eigenvalue weighted by Gasteiger charge is 2.40. The number of nitrogens with zero attached hydrogens (tertiary/aromatic N) is 4. The van der Waals surface area contributed by atoms with Gasteiger partial charge >= 0.3 is 12.1 Å². The van der Waals surface area contributed by atoms with Gasteiger partial charge in [0.05, 0.1) is 19.4 Å². The average Bonchev–Trinajstić information content (AvgIpc) is 2.90. The van der Waals surface area contributed by atoms with Crippen LogP contribution in [0.4, 0.5) is 13.2 Å². The van der Waals surface area contributed by atoms with Gasteiger partial charge in [-0.05, 0) is 19.4 Å². The number of piperidine rings is 1. The minimum atomic E-state index is -5.08. The van der Waals surface area contributed by atoms with E-state index in [4.69, 9.17) is 14.6 Å². The number of hydrogen-bond acceptors (Lipinski definition) is 6. The Labute approximate surface area is 166 Å². The summed E-state index contributed by atoms with van der Waals surface area (Å²) < 4.78 is 37.6. The lowest BCUT2D eigenvalue weighted by Crippen LogP contribution is -2.52. The Balaban J connectivity index is 0.000000370. The number of ether oxygens (including phenoxy) is 1. The van der Waals surface area contributed by atoms with Crippen LogP contribution in [0.1, 0.15) is 30.3 Å². The maximum atomic E-state index is 12.6. The number of alkyl halides is 3. The molecule has 1 atom stereocenters. The highest BCUT2D eigenvalue weighted by molar-refractivity contribution is 5.92. The van der Waals surface area contributed by atoms with E-state index in [0.29, 0.717) is 5.69 Å². The van der Waals surface area contributed by atoms with E-state index in [9.17, 15) is 18.0 Å². The van der Waals surface area contributed by atoms with E-state index < -0.39 is 12.1 Å². The summed E-state index contributed by atoms with van der Waals surface area (Å²) in [6.07, 6.45) is 1.76. The quantitative estimate of drug-likeness (QED) is 0.781. The molecule has 0 bridgehead atoms. The summed E-state index contributed by atoms with van der Waals surface area (Å²) in [6.45, 7) is 8.28. The van der Waals surface area contributed by atoms with Crippen LogP contribution >= 0.6 is 0 Å².